The number of benzene rings is 1. The summed E-state index contributed by atoms with van der Waals surface area (Å²) in [6, 6.07) is 5.39. The second-order valence-corrected chi connectivity index (χ2v) is 11.3. The van der Waals surface area contributed by atoms with E-state index in [-0.39, 0.29) is 40.8 Å². The largest absolute Gasteiger partial charge is 0.469 e. The molecule has 0 radical (unpaired) electrons. The molecule has 0 spiro atoms. The lowest BCUT2D eigenvalue weighted by Gasteiger charge is -2.29. The van der Waals surface area contributed by atoms with E-state index < -0.39 is 45.9 Å². The number of anilines is 1. The van der Waals surface area contributed by atoms with Crippen molar-refractivity contribution in [3.05, 3.63) is 35.9 Å². The number of nitrogens with zero attached hydrogens (tertiary/aromatic N) is 2. The van der Waals surface area contributed by atoms with Gasteiger partial charge in [-0.25, -0.2) is 22.2 Å². The molecule has 3 aliphatic heterocycles. The summed E-state index contributed by atoms with van der Waals surface area (Å²) in [5.41, 5.74) is 0.288. The van der Waals surface area contributed by atoms with Crippen molar-refractivity contribution in [3.8, 4) is 17.1 Å². The summed E-state index contributed by atoms with van der Waals surface area (Å²) in [5.74, 6) is -1.70. The molecular formula is C24H25F2N3O7S. The third kappa shape index (κ3) is 4.34. The summed E-state index contributed by atoms with van der Waals surface area (Å²) < 4.78 is 78.3. The number of morpholine rings is 1. The minimum atomic E-state index is -3.89. The number of pyridine rings is 1. The molecule has 37 heavy (non-hydrogen) atoms. The van der Waals surface area contributed by atoms with E-state index in [0.29, 0.717) is 37.5 Å². The van der Waals surface area contributed by atoms with Gasteiger partial charge in [-0.1, -0.05) is 0 Å². The fourth-order valence-electron chi connectivity index (χ4n) is 5.09. The molecule has 4 atom stereocenters. The first-order chi connectivity index (χ1) is 17.7. The van der Waals surface area contributed by atoms with Gasteiger partial charge in [-0.2, -0.15) is 0 Å². The standard InChI is InChI=1S/C24H25F2N3O7S/c1-37(31,32)23-20-16(28-24(23)36-18-11-35-21-17(30)10-34-22(18)21)3-2-15(27-20)19-13(25)8-12(9-14(19)26)29-4-6-33-7-5-29/h2-3,8-9,17-18,21-22,28,30H,4-7,10-11H2,1H3/t17-,18-,21?,22-/m1/s1. The average Bonchev–Trinajstić information content (AvgIpc) is 3.53. The Morgan fingerprint density at radius 3 is 2.51 bits per heavy atom. The highest BCUT2D eigenvalue weighted by Gasteiger charge is 2.49. The number of aromatic amines is 1. The first-order valence-corrected chi connectivity index (χ1v) is 13.7. The number of sulfone groups is 1. The van der Waals surface area contributed by atoms with Crippen molar-refractivity contribution in [1.29, 1.82) is 0 Å². The van der Waals surface area contributed by atoms with E-state index in [9.17, 15) is 13.5 Å². The van der Waals surface area contributed by atoms with Crippen LogP contribution in [0.2, 0.25) is 0 Å². The lowest BCUT2D eigenvalue weighted by molar-refractivity contribution is 0.00739. The summed E-state index contributed by atoms with van der Waals surface area (Å²) in [4.78, 5) is 8.84. The zero-order valence-electron chi connectivity index (χ0n) is 19.8. The fourth-order valence-corrected chi connectivity index (χ4v) is 6.03. The van der Waals surface area contributed by atoms with Crippen LogP contribution in [-0.4, -0.2) is 93.7 Å². The first-order valence-electron chi connectivity index (χ1n) is 11.8. The van der Waals surface area contributed by atoms with Crippen LogP contribution in [0.15, 0.2) is 29.2 Å². The molecule has 1 aromatic carbocycles. The summed E-state index contributed by atoms with van der Waals surface area (Å²) in [6.45, 7) is 2.16. The zero-order valence-corrected chi connectivity index (χ0v) is 20.6. The summed E-state index contributed by atoms with van der Waals surface area (Å²) >= 11 is 0. The van der Waals surface area contributed by atoms with Crippen molar-refractivity contribution in [2.24, 2.45) is 0 Å². The van der Waals surface area contributed by atoms with Crippen LogP contribution in [0.25, 0.3) is 22.3 Å². The average molecular weight is 538 g/mol. The number of aliphatic hydroxyl groups is 1. The lowest BCUT2D eigenvalue weighted by Crippen LogP contribution is -2.36. The Kier molecular flexibility index (Phi) is 6.07. The predicted molar refractivity (Wildman–Crippen MR) is 127 cm³/mol. The quantitative estimate of drug-likeness (QED) is 0.500. The number of aliphatic hydroxyl groups excluding tert-OH is 1. The van der Waals surface area contributed by atoms with Crippen LogP contribution >= 0.6 is 0 Å². The molecule has 10 nitrogen and oxygen atoms in total. The number of ether oxygens (including phenoxy) is 4. The maximum atomic E-state index is 15.2. The van der Waals surface area contributed by atoms with E-state index in [1.165, 1.54) is 24.3 Å². The van der Waals surface area contributed by atoms with Gasteiger partial charge < -0.3 is 33.9 Å². The topological polar surface area (TPSA) is 123 Å². The molecule has 3 fully saturated rings. The van der Waals surface area contributed by atoms with Crippen molar-refractivity contribution >= 4 is 26.6 Å². The first kappa shape index (κ1) is 24.5. The van der Waals surface area contributed by atoms with Crippen molar-refractivity contribution in [2.75, 3.05) is 50.7 Å². The highest BCUT2D eigenvalue weighted by atomic mass is 32.2. The smallest absolute Gasteiger partial charge is 0.213 e. The Morgan fingerprint density at radius 1 is 1.11 bits per heavy atom. The molecule has 0 saturated carbocycles. The van der Waals surface area contributed by atoms with Crippen LogP contribution in [0.5, 0.6) is 5.88 Å². The zero-order chi connectivity index (χ0) is 25.9. The Labute approximate surface area is 211 Å². The Morgan fingerprint density at radius 2 is 1.81 bits per heavy atom. The summed E-state index contributed by atoms with van der Waals surface area (Å²) in [6.07, 6.45) is -1.59. The molecule has 6 rings (SSSR count). The lowest BCUT2D eigenvalue weighted by atomic mass is 10.1. The maximum Gasteiger partial charge on any atom is 0.213 e. The van der Waals surface area contributed by atoms with Gasteiger partial charge in [0, 0.05) is 25.0 Å². The van der Waals surface area contributed by atoms with E-state index in [0.717, 1.165) is 6.26 Å². The maximum absolute atomic E-state index is 15.2. The minimum absolute atomic E-state index is 0.00565. The van der Waals surface area contributed by atoms with Crippen molar-refractivity contribution in [2.45, 2.75) is 29.3 Å². The van der Waals surface area contributed by atoms with E-state index in [1.807, 2.05) is 4.90 Å². The van der Waals surface area contributed by atoms with Crippen LogP contribution in [-0.2, 0) is 24.0 Å². The summed E-state index contributed by atoms with van der Waals surface area (Å²) in [7, 11) is -3.89. The number of fused-ring (bicyclic) bond motifs is 2. The third-order valence-corrected chi connectivity index (χ3v) is 7.97. The molecule has 0 aliphatic carbocycles. The van der Waals surface area contributed by atoms with Gasteiger partial charge in [-0.3, -0.25) is 0 Å². The Bertz CT molecular complexity index is 1440. The molecule has 198 valence electrons. The van der Waals surface area contributed by atoms with E-state index >= 15 is 8.78 Å². The van der Waals surface area contributed by atoms with Gasteiger partial charge in [0.15, 0.2) is 20.8 Å². The number of halogens is 2. The third-order valence-electron chi connectivity index (χ3n) is 6.85. The molecule has 3 saturated heterocycles. The van der Waals surface area contributed by atoms with Gasteiger partial charge in [0.25, 0.3) is 0 Å². The highest BCUT2D eigenvalue weighted by Crippen LogP contribution is 2.37. The van der Waals surface area contributed by atoms with E-state index in [2.05, 4.69) is 9.97 Å². The molecule has 0 amide bonds. The molecule has 5 heterocycles. The van der Waals surface area contributed by atoms with Crippen LogP contribution < -0.4 is 9.64 Å². The monoisotopic (exact) mass is 537 g/mol. The number of hydrogen-bond donors (Lipinski definition) is 2. The number of H-pyrrole nitrogens is 1. The van der Waals surface area contributed by atoms with Gasteiger partial charge in [0.05, 0.1) is 43.2 Å². The molecule has 2 aromatic heterocycles. The van der Waals surface area contributed by atoms with Crippen LogP contribution in [0.1, 0.15) is 0 Å². The number of nitrogens with one attached hydrogen (secondary N) is 1. The van der Waals surface area contributed by atoms with Gasteiger partial charge in [-0.15, -0.1) is 0 Å². The molecular weight excluding hydrogens is 512 g/mol. The van der Waals surface area contributed by atoms with Gasteiger partial charge in [0.2, 0.25) is 5.88 Å². The molecule has 1 unspecified atom stereocenters. The SMILES string of the molecule is CS(=O)(=O)c1c(O[C@@H]2COC3[C@H](O)CO[C@@H]32)[nH]c2ccc(-c3c(F)cc(N4CCOCC4)cc3F)nc12. The normalized spacial score (nSPS) is 26.1. The van der Waals surface area contributed by atoms with Crippen molar-refractivity contribution in [1.82, 2.24) is 9.97 Å². The number of aromatic nitrogens is 2. The molecule has 0 bridgehead atoms. The number of hydrogen-bond acceptors (Lipinski definition) is 9. The Balaban J connectivity index is 1.38. The molecule has 13 heteroatoms. The fraction of sp³-hybridized carbons (Fsp3) is 0.458. The van der Waals surface area contributed by atoms with Gasteiger partial charge in [0.1, 0.15) is 35.5 Å². The van der Waals surface area contributed by atoms with Gasteiger partial charge >= 0.3 is 0 Å². The second kappa shape index (κ2) is 9.17. The van der Waals surface area contributed by atoms with E-state index in [4.69, 9.17) is 18.9 Å². The molecule has 2 N–H and O–H groups in total. The van der Waals surface area contributed by atoms with Crippen LogP contribution in [0.3, 0.4) is 0 Å². The minimum Gasteiger partial charge on any atom is -0.469 e. The number of rotatable bonds is 5. The predicted octanol–water partition coefficient (Wildman–Crippen LogP) is 1.65. The Hall–Kier alpha value is -2.84. The summed E-state index contributed by atoms with van der Waals surface area (Å²) in [5, 5.41) is 9.97. The van der Waals surface area contributed by atoms with Crippen LogP contribution in [0, 0.1) is 11.6 Å². The molecule has 3 aliphatic rings. The second-order valence-electron chi connectivity index (χ2n) is 9.35. The molecule has 3 aromatic rings. The van der Waals surface area contributed by atoms with E-state index in [1.54, 1.807) is 0 Å². The highest BCUT2D eigenvalue weighted by molar-refractivity contribution is 7.91. The van der Waals surface area contributed by atoms with Crippen molar-refractivity contribution in [3.63, 3.8) is 0 Å². The van der Waals surface area contributed by atoms with Gasteiger partial charge in [-0.05, 0) is 24.3 Å². The van der Waals surface area contributed by atoms with Crippen molar-refractivity contribution < 1.29 is 41.3 Å². The van der Waals surface area contributed by atoms with Crippen LogP contribution in [0.4, 0.5) is 14.5 Å².